The zero-order chi connectivity index (χ0) is 20.1. The quantitative estimate of drug-likeness (QED) is 0.399. The van der Waals surface area contributed by atoms with Gasteiger partial charge in [0, 0.05) is 29.0 Å². The van der Waals surface area contributed by atoms with Crippen molar-refractivity contribution in [2.24, 2.45) is 0 Å². The van der Waals surface area contributed by atoms with Crippen LogP contribution in [0.1, 0.15) is 11.3 Å². The van der Waals surface area contributed by atoms with Crippen molar-refractivity contribution < 1.29 is 8.42 Å². The van der Waals surface area contributed by atoms with Crippen LogP contribution in [0.25, 0.3) is 22.3 Å². The van der Waals surface area contributed by atoms with Crippen LogP contribution in [0.4, 0.5) is 0 Å². The molecule has 4 aromatic rings. The molecule has 0 bridgehead atoms. The summed E-state index contributed by atoms with van der Waals surface area (Å²) >= 11 is 9.78. The number of aromatic nitrogens is 3. The first kappa shape index (κ1) is 19.1. The van der Waals surface area contributed by atoms with Gasteiger partial charge in [-0.05, 0) is 60.1 Å². The molecule has 4 rings (SSSR count). The molecule has 0 aliphatic heterocycles. The normalized spacial score (nSPS) is 11.9. The van der Waals surface area contributed by atoms with Gasteiger partial charge in [-0.15, -0.1) is 0 Å². The maximum absolute atomic E-state index is 13.5. The molecule has 0 radical (unpaired) electrons. The van der Waals surface area contributed by atoms with Gasteiger partial charge in [0.25, 0.3) is 10.0 Å². The largest absolute Gasteiger partial charge is 0.269 e. The van der Waals surface area contributed by atoms with E-state index in [1.54, 1.807) is 36.5 Å². The van der Waals surface area contributed by atoms with Crippen molar-refractivity contribution in [1.82, 2.24) is 13.9 Å². The number of benzene rings is 1. The second kappa shape index (κ2) is 6.99. The molecule has 8 heteroatoms. The molecule has 0 unspecified atom stereocenters. The van der Waals surface area contributed by atoms with Crippen molar-refractivity contribution in [3.8, 4) is 11.3 Å². The van der Waals surface area contributed by atoms with Crippen molar-refractivity contribution in [3.05, 3.63) is 75.6 Å². The molecule has 0 aliphatic carbocycles. The second-order valence-electron chi connectivity index (χ2n) is 6.46. The van der Waals surface area contributed by atoms with Crippen LogP contribution in [0.5, 0.6) is 0 Å². The zero-order valence-electron chi connectivity index (χ0n) is 15.0. The fraction of sp³-hybridized carbons (Fsp3) is 0.100. The SMILES string of the molecule is Cc1ccc(S(=O)(=O)n2c(-c3ccc(C)nc3)cc3c(Cl)c(Br)cnc32)cc1. The van der Waals surface area contributed by atoms with Gasteiger partial charge in [0.05, 0.1) is 20.1 Å². The Hall–Kier alpha value is -2.22. The highest BCUT2D eigenvalue weighted by atomic mass is 79.9. The van der Waals surface area contributed by atoms with E-state index in [0.29, 0.717) is 26.1 Å². The lowest BCUT2D eigenvalue weighted by molar-refractivity contribution is 0.589. The molecule has 5 nitrogen and oxygen atoms in total. The van der Waals surface area contributed by atoms with Crippen molar-refractivity contribution in [1.29, 1.82) is 0 Å². The number of rotatable bonds is 3. The molecule has 1 aromatic carbocycles. The average molecular weight is 477 g/mol. The van der Waals surface area contributed by atoms with Crippen molar-refractivity contribution in [3.63, 3.8) is 0 Å². The first-order chi connectivity index (χ1) is 13.3. The first-order valence-corrected chi connectivity index (χ1v) is 11.0. The molecule has 0 fully saturated rings. The van der Waals surface area contributed by atoms with E-state index in [2.05, 4.69) is 25.9 Å². The molecule has 0 N–H and O–H groups in total. The third-order valence-electron chi connectivity index (χ3n) is 4.45. The highest BCUT2D eigenvalue weighted by Crippen LogP contribution is 2.37. The number of pyridine rings is 2. The van der Waals surface area contributed by atoms with Gasteiger partial charge in [0.2, 0.25) is 0 Å². The maximum Gasteiger partial charge on any atom is 0.269 e. The predicted molar refractivity (Wildman–Crippen MR) is 114 cm³/mol. The summed E-state index contributed by atoms with van der Waals surface area (Å²) in [7, 11) is -3.91. The van der Waals surface area contributed by atoms with Crippen LogP contribution >= 0.6 is 27.5 Å². The third-order valence-corrected chi connectivity index (χ3v) is 7.40. The monoisotopic (exact) mass is 475 g/mol. The molecular formula is C20H15BrClN3O2S. The number of nitrogens with zero attached hydrogens (tertiary/aromatic N) is 3. The van der Waals surface area contributed by atoms with Crippen molar-refractivity contribution in [2.45, 2.75) is 18.7 Å². The summed E-state index contributed by atoms with van der Waals surface area (Å²) in [6.07, 6.45) is 3.15. The van der Waals surface area contributed by atoms with Gasteiger partial charge in [-0.3, -0.25) is 4.98 Å². The minimum Gasteiger partial charge on any atom is -0.261 e. The summed E-state index contributed by atoms with van der Waals surface area (Å²) in [5.41, 5.74) is 3.20. The Morgan fingerprint density at radius 2 is 1.71 bits per heavy atom. The van der Waals surface area contributed by atoms with E-state index in [1.165, 1.54) is 10.2 Å². The Morgan fingerprint density at radius 3 is 2.36 bits per heavy atom. The lowest BCUT2D eigenvalue weighted by Gasteiger charge is -2.12. The van der Waals surface area contributed by atoms with Gasteiger partial charge in [-0.25, -0.2) is 17.4 Å². The molecule has 3 heterocycles. The fourth-order valence-corrected chi connectivity index (χ4v) is 4.93. The molecule has 0 atom stereocenters. The highest BCUT2D eigenvalue weighted by molar-refractivity contribution is 9.10. The van der Waals surface area contributed by atoms with E-state index in [-0.39, 0.29) is 10.5 Å². The fourth-order valence-electron chi connectivity index (χ4n) is 2.95. The molecular weight excluding hydrogens is 462 g/mol. The van der Waals surface area contributed by atoms with Gasteiger partial charge in [0.1, 0.15) is 0 Å². The van der Waals surface area contributed by atoms with Crippen LogP contribution in [-0.2, 0) is 10.0 Å². The summed E-state index contributed by atoms with van der Waals surface area (Å²) in [4.78, 5) is 8.83. The topological polar surface area (TPSA) is 64.8 Å². The van der Waals surface area contributed by atoms with Crippen LogP contribution < -0.4 is 0 Å². The van der Waals surface area contributed by atoms with E-state index in [9.17, 15) is 8.42 Å². The molecule has 0 saturated heterocycles. The Balaban J connectivity index is 2.08. The van der Waals surface area contributed by atoms with E-state index in [1.807, 2.05) is 26.0 Å². The minimum atomic E-state index is -3.91. The number of hydrogen-bond acceptors (Lipinski definition) is 4. The van der Waals surface area contributed by atoms with Gasteiger partial charge < -0.3 is 0 Å². The predicted octanol–water partition coefficient (Wildman–Crippen LogP) is 5.37. The van der Waals surface area contributed by atoms with Gasteiger partial charge in [-0.1, -0.05) is 29.3 Å². The molecule has 142 valence electrons. The summed E-state index contributed by atoms with van der Waals surface area (Å²) in [6.45, 7) is 3.78. The minimum absolute atomic E-state index is 0.178. The van der Waals surface area contributed by atoms with Crippen LogP contribution in [0.15, 0.2) is 64.2 Å². The smallest absolute Gasteiger partial charge is 0.261 e. The Kier molecular flexibility index (Phi) is 4.77. The lowest BCUT2D eigenvalue weighted by Crippen LogP contribution is -2.14. The van der Waals surface area contributed by atoms with Crippen LogP contribution in [-0.4, -0.2) is 22.4 Å². The highest BCUT2D eigenvalue weighted by Gasteiger charge is 2.26. The van der Waals surface area contributed by atoms with E-state index >= 15 is 0 Å². The van der Waals surface area contributed by atoms with E-state index in [0.717, 1.165) is 11.3 Å². The number of halogens is 2. The Bertz CT molecular complexity index is 1300. The van der Waals surface area contributed by atoms with E-state index in [4.69, 9.17) is 11.6 Å². The standard InChI is InChI=1S/C20H15BrClN3O2S/c1-12-3-7-15(8-4-12)28(26,27)25-18(14-6-5-13(2)23-10-14)9-16-19(22)17(21)11-24-20(16)25/h3-11H,1-2H3. The first-order valence-electron chi connectivity index (χ1n) is 8.40. The summed E-state index contributed by atoms with van der Waals surface area (Å²) < 4.78 is 28.9. The Morgan fingerprint density at radius 1 is 1.00 bits per heavy atom. The van der Waals surface area contributed by atoms with Gasteiger partial charge in [-0.2, -0.15) is 0 Å². The number of aryl methyl sites for hydroxylation is 2. The third kappa shape index (κ3) is 3.13. The summed E-state index contributed by atoms with van der Waals surface area (Å²) in [6, 6.07) is 12.1. The lowest BCUT2D eigenvalue weighted by atomic mass is 10.2. The van der Waals surface area contributed by atoms with Gasteiger partial charge >= 0.3 is 0 Å². The molecule has 0 aliphatic rings. The van der Waals surface area contributed by atoms with Crippen molar-refractivity contribution >= 4 is 48.6 Å². The molecule has 0 amide bonds. The van der Waals surface area contributed by atoms with Crippen LogP contribution in [0, 0.1) is 13.8 Å². The summed E-state index contributed by atoms with van der Waals surface area (Å²) in [5.74, 6) is 0. The van der Waals surface area contributed by atoms with Crippen LogP contribution in [0.2, 0.25) is 5.02 Å². The van der Waals surface area contributed by atoms with Gasteiger partial charge in [0.15, 0.2) is 5.65 Å². The Labute approximate surface area is 176 Å². The van der Waals surface area contributed by atoms with Crippen LogP contribution in [0.3, 0.4) is 0 Å². The average Bonchev–Trinajstić information content (AvgIpc) is 3.07. The number of hydrogen-bond donors (Lipinski definition) is 0. The maximum atomic E-state index is 13.5. The molecule has 28 heavy (non-hydrogen) atoms. The summed E-state index contributed by atoms with van der Waals surface area (Å²) in [5, 5.41) is 0.950. The van der Waals surface area contributed by atoms with E-state index < -0.39 is 10.0 Å². The zero-order valence-corrected chi connectivity index (χ0v) is 18.2. The number of fused-ring (bicyclic) bond motifs is 1. The molecule has 3 aromatic heterocycles. The molecule has 0 spiro atoms. The molecule has 0 saturated carbocycles. The van der Waals surface area contributed by atoms with Crippen molar-refractivity contribution in [2.75, 3.05) is 0 Å². The second-order valence-corrected chi connectivity index (χ2v) is 9.48.